The summed E-state index contributed by atoms with van der Waals surface area (Å²) in [4.78, 5) is 17.1. The minimum absolute atomic E-state index is 0.0105. The third-order valence-electron chi connectivity index (χ3n) is 5.30. The molecule has 3 fully saturated rings. The van der Waals surface area contributed by atoms with E-state index in [-0.39, 0.29) is 17.9 Å². The van der Waals surface area contributed by atoms with E-state index in [2.05, 4.69) is 15.1 Å². The summed E-state index contributed by atoms with van der Waals surface area (Å²) >= 11 is 0. The lowest BCUT2D eigenvalue weighted by molar-refractivity contribution is -0.125. The molecule has 3 saturated heterocycles. The molecule has 1 amide bonds. The van der Waals surface area contributed by atoms with Gasteiger partial charge in [-0.3, -0.25) is 14.6 Å². The largest absolute Gasteiger partial charge is 0.468 e. The molecule has 0 aromatic carbocycles. The van der Waals surface area contributed by atoms with Gasteiger partial charge in [0.2, 0.25) is 5.91 Å². The molecule has 0 unspecified atom stereocenters. The van der Waals surface area contributed by atoms with Crippen LogP contribution >= 0.6 is 0 Å². The van der Waals surface area contributed by atoms with Gasteiger partial charge in [-0.25, -0.2) is 0 Å². The topological polar surface area (TPSA) is 58.0 Å². The molecule has 1 aromatic rings. The molecule has 0 saturated carbocycles. The van der Waals surface area contributed by atoms with Crippen LogP contribution in [0.15, 0.2) is 22.8 Å². The van der Waals surface area contributed by atoms with E-state index in [0.717, 1.165) is 51.3 Å². The third kappa shape index (κ3) is 3.44. The van der Waals surface area contributed by atoms with Crippen LogP contribution in [0.5, 0.6) is 0 Å². The van der Waals surface area contributed by atoms with E-state index in [9.17, 15) is 4.79 Å². The number of likely N-dealkylation sites (tertiary alicyclic amines) is 1. The van der Waals surface area contributed by atoms with Crippen molar-refractivity contribution < 1.29 is 13.9 Å². The average Bonchev–Trinajstić information content (AvgIpc) is 2.91. The van der Waals surface area contributed by atoms with Crippen molar-refractivity contribution in [2.75, 3.05) is 39.4 Å². The summed E-state index contributed by atoms with van der Waals surface area (Å²) in [6.07, 6.45) is 4.06. The van der Waals surface area contributed by atoms with Gasteiger partial charge >= 0.3 is 0 Å². The summed E-state index contributed by atoms with van der Waals surface area (Å²) in [5, 5.41) is 3.12. The summed E-state index contributed by atoms with van der Waals surface area (Å²) in [5.41, 5.74) is 0. The fraction of sp³-hybridized carbons (Fsp3) is 0.706. The predicted octanol–water partition coefficient (Wildman–Crippen LogP) is 0.691. The standard InChI is InChI=1S/C17H25N3O3/c21-17-13-8-20(9-14(18-17)12-22-11-13)15-3-5-19(6-4-15)10-16-2-1-7-23-16/h1-2,7,13-15H,3-6,8-12H2,(H,18,21)/t13-,14+/m1/s1. The molecular formula is C17H25N3O3. The van der Waals surface area contributed by atoms with E-state index >= 15 is 0 Å². The maximum Gasteiger partial charge on any atom is 0.227 e. The Morgan fingerprint density at radius 3 is 2.87 bits per heavy atom. The molecule has 2 bridgehead atoms. The van der Waals surface area contributed by atoms with Crippen LogP contribution in [-0.2, 0) is 16.1 Å². The van der Waals surface area contributed by atoms with Crippen LogP contribution in [0.2, 0.25) is 0 Å². The number of rotatable bonds is 3. The summed E-state index contributed by atoms with van der Waals surface area (Å²) in [6.45, 7) is 6.06. The van der Waals surface area contributed by atoms with Crippen LogP contribution in [0.1, 0.15) is 18.6 Å². The Hall–Kier alpha value is -1.37. The van der Waals surface area contributed by atoms with Gasteiger partial charge in [-0.05, 0) is 25.0 Å². The molecule has 23 heavy (non-hydrogen) atoms. The highest BCUT2D eigenvalue weighted by molar-refractivity contribution is 5.80. The molecular weight excluding hydrogens is 294 g/mol. The normalized spacial score (nSPS) is 30.9. The van der Waals surface area contributed by atoms with Gasteiger partial charge in [0.15, 0.2) is 0 Å². The van der Waals surface area contributed by atoms with Gasteiger partial charge < -0.3 is 14.5 Å². The van der Waals surface area contributed by atoms with Crippen molar-refractivity contribution in [3.63, 3.8) is 0 Å². The molecule has 1 N–H and O–H groups in total. The summed E-state index contributed by atoms with van der Waals surface area (Å²) in [5.74, 6) is 1.20. The van der Waals surface area contributed by atoms with E-state index in [1.807, 2.05) is 12.1 Å². The van der Waals surface area contributed by atoms with E-state index < -0.39 is 0 Å². The molecule has 4 heterocycles. The second-order valence-corrected chi connectivity index (χ2v) is 6.98. The molecule has 0 aliphatic carbocycles. The molecule has 3 aliphatic heterocycles. The highest BCUT2D eigenvalue weighted by Crippen LogP contribution is 2.23. The van der Waals surface area contributed by atoms with Crippen LogP contribution < -0.4 is 5.32 Å². The number of hydrogen-bond donors (Lipinski definition) is 1. The first-order valence-corrected chi connectivity index (χ1v) is 8.65. The highest BCUT2D eigenvalue weighted by Gasteiger charge is 2.36. The fourth-order valence-corrected chi connectivity index (χ4v) is 4.03. The van der Waals surface area contributed by atoms with Crippen molar-refractivity contribution in [1.82, 2.24) is 15.1 Å². The minimum atomic E-state index is -0.0105. The van der Waals surface area contributed by atoms with Gasteiger partial charge in [-0.2, -0.15) is 0 Å². The van der Waals surface area contributed by atoms with Crippen molar-refractivity contribution in [1.29, 1.82) is 0 Å². The Balaban J connectivity index is 1.34. The molecule has 0 radical (unpaired) electrons. The molecule has 3 aliphatic rings. The van der Waals surface area contributed by atoms with Gasteiger partial charge in [0, 0.05) is 32.2 Å². The molecule has 0 spiro atoms. The first-order valence-electron chi connectivity index (χ1n) is 8.65. The van der Waals surface area contributed by atoms with Crippen LogP contribution in [-0.4, -0.2) is 67.2 Å². The average molecular weight is 319 g/mol. The number of piperidine rings is 1. The zero-order valence-electron chi connectivity index (χ0n) is 13.4. The van der Waals surface area contributed by atoms with E-state index in [4.69, 9.17) is 9.15 Å². The van der Waals surface area contributed by atoms with Crippen molar-refractivity contribution in [2.24, 2.45) is 5.92 Å². The number of carbonyl (C=O) groups excluding carboxylic acids is 1. The Morgan fingerprint density at radius 2 is 2.09 bits per heavy atom. The number of amides is 1. The van der Waals surface area contributed by atoms with Gasteiger partial charge in [0.25, 0.3) is 0 Å². The number of nitrogens with one attached hydrogen (secondary N) is 1. The van der Waals surface area contributed by atoms with Crippen molar-refractivity contribution in [3.05, 3.63) is 24.2 Å². The van der Waals surface area contributed by atoms with Gasteiger partial charge in [0.05, 0.1) is 38.0 Å². The van der Waals surface area contributed by atoms with E-state index in [1.54, 1.807) is 6.26 Å². The second-order valence-electron chi connectivity index (χ2n) is 6.98. The number of fused-ring (bicyclic) bond motifs is 3. The van der Waals surface area contributed by atoms with Crippen LogP contribution in [0.4, 0.5) is 0 Å². The third-order valence-corrected chi connectivity index (χ3v) is 5.30. The Kier molecular flexibility index (Phi) is 4.37. The SMILES string of the molecule is O=C1N[C@@H]2COC[C@H]1CN(C1CCN(Cc3ccco3)CC1)C2. The smallest absolute Gasteiger partial charge is 0.227 e. The lowest BCUT2D eigenvalue weighted by Gasteiger charge is -2.39. The summed E-state index contributed by atoms with van der Waals surface area (Å²) in [6, 6.07) is 4.72. The van der Waals surface area contributed by atoms with Crippen LogP contribution in [0.3, 0.4) is 0 Å². The highest BCUT2D eigenvalue weighted by atomic mass is 16.5. The number of nitrogens with zero attached hydrogens (tertiary/aromatic N) is 2. The Bertz CT molecular complexity index is 525. The zero-order chi connectivity index (χ0) is 15.6. The Morgan fingerprint density at radius 1 is 1.22 bits per heavy atom. The lowest BCUT2D eigenvalue weighted by atomic mass is 10.0. The van der Waals surface area contributed by atoms with Gasteiger partial charge in [-0.1, -0.05) is 0 Å². The first kappa shape index (κ1) is 15.2. The lowest BCUT2D eigenvalue weighted by Crippen LogP contribution is -2.50. The second kappa shape index (κ2) is 6.63. The molecule has 4 rings (SSSR count). The quantitative estimate of drug-likeness (QED) is 0.888. The van der Waals surface area contributed by atoms with Crippen molar-refractivity contribution in [2.45, 2.75) is 31.5 Å². The van der Waals surface area contributed by atoms with Crippen LogP contribution in [0.25, 0.3) is 0 Å². The Labute approximate surface area is 136 Å². The maximum absolute atomic E-state index is 12.1. The van der Waals surface area contributed by atoms with Gasteiger partial charge in [0.1, 0.15) is 5.76 Å². The zero-order valence-corrected chi connectivity index (χ0v) is 13.4. The predicted molar refractivity (Wildman–Crippen MR) is 84.8 cm³/mol. The number of carbonyl (C=O) groups is 1. The maximum atomic E-state index is 12.1. The van der Waals surface area contributed by atoms with Gasteiger partial charge in [-0.15, -0.1) is 0 Å². The van der Waals surface area contributed by atoms with Crippen molar-refractivity contribution in [3.8, 4) is 0 Å². The molecule has 2 atom stereocenters. The first-order chi connectivity index (χ1) is 11.3. The number of hydrogen-bond acceptors (Lipinski definition) is 5. The monoisotopic (exact) mass is 319 g/mol. The minimum Gasteiger partial charge on any atom is -0.468 e. The summed E-state index contributed by atoms with van der Waals surface area (Å²) < 4.78 is 11.1. The fourth-order valence-electron chi connectivity index (χ4n) is 4.03. The number of ether oxygens (including phenoxy) is 1. The number of furan rings is 1. The van der Waals surface area contributed by atoms with E-state index in [1.165, 1.54) is 0 Å². The molecule has 6 nitrogen and oxygen atoms in total. The molecule has 126 valence electrons. The summed E-state index contributed by atoms with van der Waals surface area (Å²) in [7, 11) is 0. The van der Waals surface area contributed by atoms with E-state index in [0.29, 0.717) is 19.3 Å². The molecule has 1 aromatic heterocycles. The van der Waals surface area contributed by atoms with Crippen molar-refractivity contribution >= 4 is 5.91 Å². The van der Waals surface area contributed by atoms with Crippen LogP contribution in [0, 0.1) is 5.92 Å². The molecule has 6 heteroatoms.